The van der Waals surface area contributed by atoms with Crippen LogP contribution in [0.2, 0.25) is 0 Å². The van der Waals surface area contributed by atoms with Gasteiger partial charge in [0.25, 0.3) is 0 Å². The van der Waals surface area contributed by atoms with Gasteiger partial charge in [0.1, 0.15) is 0 Å². The zero-order valence-corrected chi connectivity index (χ0v) is 14.5. The number of hydrogen-bond donors (Lipinski definition) is 0. The Morgan fingerprint density at radius 2 is 1.12 bits per heavy atom. The number of hydrogen-bond acceptors (Lipinski definition) is 0. The Hall–Kier alpha value is 0.471. The van der Waals surface area contributed by atoms with Crippen LogP contribution in [-0.2, 0) is 19.2 Å². The predicted molar refractivity (Wildman–Crippen MR) is 79.0 cm³/mol. The molecule has 16 heavy (non-hydrogen) atoms. The third-order valence-corrected chi connectivity index (χ3v) is 1.17. The zero-order valence-electron chi connectivity index (χ0n) is 9.90. The maximum absolute atomic E-state index is 2.99. The molecule has 0 bridgehead atoms. The minimum atomic E-state index is 0. The van der Waals surface area contributed by atoms with Crippen molar-refractivity contribution in [3.63, 3.8) is 0 Å². The van der Waals surface area contributed by atoms with Gasteiger partial charge in [0.05, 0.1) is 0 Å². The summed E-state index contributed by atoms with van der Waals surface area (Å²) in [6.45, 7) is 0. The molecule has 0 spiro atoms. The summed E-state index contributed by atoms with van der Waals surface area (Å²) in [6.07, 6.45) is 20.0. The Bertz CT molecular complexity index is 169. The van der Waals surface area contributed by atoms with Gasteiger partial charge >= 0.3 is 26.8 Å². The average molecular weight is 311 g/mol. The van der Waals surface area contributed by atoms with E-state index in [-0.39, 0.29) is 39.7 Å². The molecule has 0 atom stereocenters. The summed E-state index contributed by atoms with van der Waals surface area (Å²) in [7, 11) is 1.86. The van der Waals surface area contributed by atoms with E-state index in [0.717, 1.165) is 12.8 Å². The van der Waals surface area contributed by atoms with E-state index in [4.69, 9.17) is 0 Å². The van der Waals surface area contributed by atoms with Crippen LogP contribution in [0.25, 0.3) is 0 Å². The Kier molecular flexibility index (Phi) is 55.3. The van der Waals surface area contributed by atoms with E-state index in [1.165, 1.54) is 0 Å². The minimum absolute atomic E-state index is 0. The molecule has 2 aliphatic carbocycles. The first-order valence-electron chi connectivity index (χ1n) is 3.79. The normalized spacial score (nSPS) is 11.2. The fraction of sp³-hybridized carbons (Fsp3) is 0.167. The first-order chi connectivity index (χ1) is 6.00. The van der Waals surface area contributed by atoms with Crippen molar-refractivity contribution in [2.45, 2.75) is 12.8 Å². The third-order valence-electron chi connectivity index (χ3n) is 1.17. The SMILES string of the molecule is Cl.Cl.[C-]1=CC=CC1.[C-]1=CC=CC1.[CH3-].[CH3-].[SiH2]=[Ti]. The van der Waals surface area contributed by atoms with Crippen molar-refractivity contribution in [3.8, 4) is 0 Å². The molecule has 0 saturated heterocycles. The first-order valence-corrected chi connectivity index (χ1v) is 7.81. The standard InChI is InChI=1S/2C5H5.2CH3.2ClH.H2Si.Ti/c2*1-2-4-5-3-1;;;;;;/h2*1-3H,4H2;2*1H3;2*1H;1H2;/q4*-1;;;;. The molecule has 2 rings (SSSR count). The van der Waals surface area contributed by atoms with Crippen LogP contribution in [0.5, 0.6) is 0 Å². The van der Waals surface area contributed by atoms with E-state index < -0.39 is 0 Å². The van der Waals surface area contributed by atoms with Crippen LogP contribution in [-0.4, -0.2) is 7.63 Å². The van der Waals surface area contributed by atoms with E-state index in [9.17, 15) is 0 Å². The van der Waals surface area contributed by atoms with Crippen molar-refractivity contribution in [1.82, 2.24) is 0 Å². The van der Waals surface area contributed by atoms with Gasteiger partial charge in [-0.1, -0.05) is 0 Å². The van der Waals surface area contributed by atoms with Crippen molar-refractivity contribution in [2.75, 3.05) is 0 Å². The number of allylic oxidation sites excluding steroid dienone is 8. The molecule has 0 N–H and O–H groups in total. The molecular formula is C12H20Cl2SiTi-4. The topological polar surface area (TPSA) is 0 Å². The molecule has 2 aliphatic rings. The summed E-state index contributed by atoms with van der Waals surface area (Å²) in [4.78, 5) is 0. The van der Waals surface area contributed by atoms with Gasteiger partial charge in [-0.2, -0.15) is 12.2 Å². The van der Waals surface area contributed by atoms with Crippen LogP contribution < -0.4 is 0 Å². The Labute approximate surface area is 127 Å². The molecule has 0 saturated carbocycles. The molecule has 0 aromatic heterocycles. The fourth-order valence-electron chi connectivity index (χ4n) is 0.680. The van der Waals surface area contributed by atoms with Crippen molar-refractivity contribution in [1.29, 1.82) is 0 Å². The average Bonchev–Trinajstić information content (AvgIpc) is 2.87. The van der Waals surface area contributed by atoms with E-state index in [0.29, 0.717) is 0 Å². The summed E-state index contributed by atoms with van der Waals surface area (Å²) in [5.74, 6) is 0. The van der Waals surface area contributed by atoms with Gasteiger partial charge in [-0.15, -0.1) is 37.7 Å². The molecule has 0 fully saturated rings. The molecule has 94 valence electrons. The molecule has 4 heteroatoms. The Balaban J connectivity index is -0.0000000360. The quantitative estimate of drug-likeness (QED) is 0.475. The van der Waals surface area contributed by atoms with Gasteiger partial charge in [0.15, 0.2) is 0 Å². The summed E-state index contributed by atoms with van der Waals surface area (Å²) >= 11 is 2.03. The van der Waals surface area contributed by atoms with Crippen LogP contribution in [0.1, 0.15) is 12.8 Å². The van der Waals surface area contributed by atoms with E-state index in [1.54, 1.807) is 0 Å². The molecule has 0 aromatic carbocycles. The second-order valence-corrected chi connectivity index (χ2v) is 2.01. The number of halogens is 2. The fourth-order valence-corrected chi connectivity index (χ4v) is 0.680. The third kappa shape index (κ3) is 24.0. The molecule has 0 aliphatic heterocycles. The Morgan fingerprint density at radius 1 is 0.812 bits per heavy atom. The van der Waals surface area contributed by atoms with Gasteiger partial charge < -0.3 is 14.9 Å². The summed E-state index contributed by atoms with van der Waals surface area (Å²) in [5, 5.41) is 0. The zero-order chi connectivity index (χ0) is 9.07. The van der Waals surface area contributed by atoms with E-state index in [1.807, 2.05) is 51.1 Å². The molecule has 0 nitrogen and oxygen atoms in total. The first kappa shape index (κ1) is 30.0. The second kappa shape index (κ2) is 29.5. The van der Waals surface area contributed by atoms with Crippen molar-refractivity contribution in [3.05, 3.63) is 63.5 Å². The van der Waals surface area contributed by atoms with Crippen molar-refractivity contribution < 1.29 is 19.2 Å². The molecule has 0 radical (unpaired) electrons. The molecule has 0 amide bonds. The van der Waals surface area contributed by atoms with Crippen LogP contribution >= 0.6 is 24.8 Å². The molecular weight excluding hydrogens is 291 g/mol. The van der Waals surface area contributed by atoms with E-state index in [2.05, 4.69) is 24.3 Å². The molecule has 0 aromatic rings. The van der Waals surface area contributed by atoms with Crippen LogP contribution in [0.3, 0.4) is 0 Å². The van der Waals surface area contributed by atoms with Gasteiger partial charge in [-0.3, -0.25) is 12.2 Å². The molecule has 0 unspecified atom stereocenters. The van der Waals surface area contributed by atoms with Crippen LogP contribution in [0.15, 0.2) is 36.5 Å². The summed E-state index contributed by atoms with van der Waals surface area (Å²) < 4.78 is 0. The number of rotatable bonds is 0. The van der Waals surface area contributed by atoms with Crippen molar-refractivity contribution in [2.24, 2.45) is 0 Å². The second-order valence-electron chi connectivity index (χ2n) is 2.01. The predicted octanol–water partition coefficient (Wildman–Crippen LogP) is 3.44. The maximum atomic E-state index is 2.99. The van der Waals surface area contributed by atoms with E-state index >= 15 is 0 Å². The summed E-state index contributed by atoms with van der Waals surface area (Å²) in [6, 6.07) is 0. The van der Waals surface area contributed by atoms with Gasteiger partial charge in [0.2, 0.25) is 0 Å². The molecule has 0 heterocycles. The van der Waals surface area contributed by atoms with Gasteiger partial charge in [-0.05, 0) is 0 Å². The summed E-state index contributed by atoms with van der Waals surface area (Å²) in [5.41, 5.74) is 0. The van der Waals surface area contributed by atoms with Crippen molar-refractivity contribution >= 4 is 32.4 Å². The van der Waals surface area contributed by atoms with Gasteiger partial charge in [0, 0.05) is 0 Å². The Morgan fingerprint density at radius 3 is 1.19 bits per heavy atom. The van der Waals surface area contributed by atoms with Crippen LogP contribution in [0, 0.1) is 27.0 Å². The van der Waals surface area contributed by atoms with Gasteiger partial charge in [-0.25, -0.2) is 24.3 Å². The van der Waals surface area contributed by atoms with Crippen LogP contribution in [0.4, 0.5) is 0 Å². The monoisotopic (exact) mass is 310 g/mol.